The minimum Gasteiger partial charge on any atom is -0.480 e. The maximum Gasteiger partial charge on any atom is 0.320 e. The summed E-state index contributed by atoms with van der Waals surface area (Å²) < 4.78 is 0. The van der Waals surface area contributed by atoms with Crippen molar-refractivity contribution in [1.29, 1.82) is 0 Å². The second kappa shape index (κ2) is 10.9. The lowest BCUT2D eigenvalue weighted by molar-refractivity contribution is -0.145. The zero-order valence-electron chi connectivity index (χ0n) is 11.8. The second-order valence-corrected chi connectivity index (χ2v) is 3.68. The predicted octanol–water partition coefficient (Wildman–Crippen LogP) is 3.39. The molecule has 1 saturated heterocycles. The molecule has 0 aromatic carbocycles. The molecule has 0 saturated carbocycles. The van der Waals surface area contributed by atoms with Gasteiger partial charge in [0, 0.05) is 6.04 Å². The molecule has 0 aliphatic carbocycles. The van der Waals surface area contributed by atoms with Crippen LogP contribution in [0.2, 0.25) is 0 Å². The van der Waals surface area contributed by atoms with Gasteiger partial charge in [0.1, 0.15) is 6.04 Å². The molecule has 0 aromatic rings. The average molecular weight is 231 g/mol. The number of nitrogens with zero attached hydrogens (tertiary/aromatic N) is 1. The summed E-state index contributed by atoms with van der Waals surface area (Å²) in [5.41, 5.74) is 0. The van der Waals surface area contributed by atoms with Crippen LogP contribution in [-0.2, 0) is 4.79 Å². The Balaban J connectivity index is 0. The number of hydrogen-bond acceptors (Lipinski definition) is 2. The van der Waals surface area contributed by atoms with E-state index in [1.54, 1.807) is 0 Å². The van der Waals surface area contributed by atoms with Crippen LogP contribution in [0.3, 0.4) is 0 Å². The molecular weight excluding hydrogens is 202 g/mol. The fraction of sp³-hybridized carbons (Fsp3) is 0.923. The van der Waals surface area contributed by atoms with E-state index in [0.717, 1.165) is 25.8 Å². The minimum atomic E-state index is -0.664. The molecule has 1 unspecified atom stereocenters. The number of rotatable bonds is 2. The van der Waals surface area contributed by atoms with E-state index in [9.17, 15) is 4.79 Å². The Kier molecular flexibility index (Phi) is 12.2. The summed E-state index contributed by atoms with van der Waals surface area (Å²) in [6.07, 6.45) is 3.01. The minimum absolute atomic E-state index is 0.237. The van der Waals surface area contributed by atoms with Crippen LogP contribution in [0.25, 0.3) is 0 Å². The van der Waals surface area contributed by atoms with Gasteiger partial charge in [0.25, 0.3) is 0 Å². The van der Waals surface area contributed by atoms with Crippen molar-refractivity contribution >= 4 is 5.97 Å². The first-order valence-electron chi connectivity index (χ1n) is 6.61. The van der Waals surface area contributed by atoms with E-state index in [1.807, 2.05) is 27.7 Å². The molecule has 0 radical (unpaired) electrons. The van der Waals surface area contributed by atoms with Crippen LogP contribution in [0, 0.1) is 0 Å². The van der Waals surface area contributed by atoms with Gasteiger partial charge in [-0.2, -0.15) is 0 Å². The summed E-state index contributed by atoms with van der Waals surface area (Å²) in [5.74, 6) is -0.664. The van der Waals surface area contributed by atoms with Gasteiger partial charge in [0.15, 0.2) is 0 Å². The van der Waals surface area contributed by atoms with Crippen molar-refractivity contribution in [1.82, 2.24) is 4.90 Å². The molecule has 0 spiro atoms. The van der Waals surface area contributed by atoms with Crippen molar-refractivity contribution in [3.8, 4) is 0 Å². The zero-order valence-corrected chi connectivity index (χ0v) is 11.8. The largest absolute Gasteiger partial charge is 0.480 e. The van der Waals surface area contributed by atoms with E-state index in [2.05, 4.69) is 18.7 Å². The van der Waals surface area contributed by atoms with E-state index < -0.39 is 5.97 Å². The van der Waals surface area contributed by atoms with E-state index in [4.69, 9.17) is 5.11 Å². The molecule has 1 heterocycles. The Bertz CT molecular complexity index is 169. The second-order valence-electron chi connectivity index (χ2n) is 3.68. The standard InChI is InChI=1S/C9H17NO2.2C2H6/c1-7(2)10-6-4-3-5-8(10)9(11)12;2*1-2/h7-8H,3-6H2,1-2H3,(H,11,12);2*1-2H3. The number of carbonyl (C=O) groups is 1. The maximum atomic E-state index is 10.8. The number of carboxylic acids is 1. The molecule has 1 aliphatic heterocycles. The van der Waals surface area contributed by atoms with Crippen LogP contribution in [0.15, 0.2) is 0 Å². The van der Waals surface area contributed by atoms with Crippen LogP contribution in [0.1, 0.15) is 60.8 Å². The van der Waals surface area contributed by atoms with Crippen LogP contribution in [0.5, 0.6) is 0 Å². The lowest BCUT2D eigenvalue weighted by Gasteiger charge is -2.35. The van der Waals surface area contributed by atoms with Gasteiger partial charge in [0.2, 0.25) is 0 Å². The van der Waals surface area contributed by atoms with Gasteiger partial charge < -0.3 is 5.11 Å². The van der Waals surface area contributed by atoms with Gasteiger partial charge in [0.05, 0.1) is 0 Å². The fourth-order valence-corrected chi connectivity index (χ4v) is 1.84. The monoisotopic (exact) mass is 231 g/mol. The molecule has 3 heteroatoms. The van der Waals surface area contributed by atoms with Gasteiger partial charge in [-0.25, -0.2) is 0 Å². The molecule has 1 atom stereocenters. The molecule has 0 aromatic heterocycles. The molecular formula is C13H29NO2. The zero-order chi connectivity index (χ0) is 13.1. The number of likely N-dealkylation sites (tertiary alicyclic amines) is 1. The lowest BCUT2D eigenvalue weighted by Crippen LogP contribution is -2.48. The highest BCUT2D eigenvalue weighted by Gasteiger charge is 2.29. The topological polar surface area (TPSA) is 40.5 Å². The van der Waals surface area contributed by atoms with E-state index in [-0.39, 0.29) is 6.04 Å². The third-order valence-electron chi connectivity index (χ3n) is 2.49. The van der Waals surface area contributed by atoms with Crippen molar-refractivity contribution in [2.75, 3.05) is 6.54 Å². The van der Waals surface area contributed by atoms with Crippen molar-refractivity contribution in [2.45, 2.75) is 72.9 Å². The Morgan fingerprint density at radius 3 is 2.00 bits per heavy atom. The average Bonchev–Trinajstić information content (AvgIpc) is 2.34. The van der Waals surface area contributed by atoms with Gasteiger partial charge >= 0.3 is 5.97 Å². The Morgan fingerprint density at radius 2 is 1.69 bits per heavy atom. The quantitative estimate of drug-likeness (QED) is 0.792. The van der Waals surface area contributed by atoms with Gasteiger partial charge in [-0.3, -0.25) is 9.69 Å². The molecule has 98 valence electrons. The predicted molar refractivity (Wildman–Crippen MR) is 69.8 cm³/mol. The molecule has 0 bridgehead atoms. The van der Waals surface area contributed by atoms with Gasteiger partial charge in [-0.05, 0) is 33.2 Å². The molecule has 1 rings (SSSR count). The van der Waals surface area contributed by atoms with E-state index >= 15 is 0 Å². The highest BCUT2D eigenvalue weighted by atomic mass is 16.4. The van der Waals surface area contributed by atoms with Crippen LogP contribution < -0.4 is 0 Å². The third kappa shape index (κ3) is 6.11. The molecule has 1 fully saturated rings. The van der Waals surface area contributed by atoms with Gasteiger partial charge in [-0.1, -0.05) is 34.1 Å². The summed E-state index contributed by atoms with van der Waals surface area (Å²) in [6.45, 7) is 13.1. The lowest BCUT2D eigenvalue weighted by atomic mass is 10.0. The molecule has 1 N–H and O–H groups in total. The Hall–Kier alpha value is -0.570. The number of aliphatic carboxylic acids is 1. The Labute approximate surface area is 101 Å². The van der Waals surface area contributed by atoms with E-state index in [0.29, 0.717) is 6.04 Å². The first kappa shape index (κ1) is 17.8. The summed E-state index contributed by atoms with van der Waals surface area (Å²) >= 11 is 0. The summed E-state index contributed by atoms with van der Waals surface area (Å²) in [5, 5.41) is 8.92. The first-order valence-corrected chi connectivity index (χ1v) is 6.61. The smallest absolute Gasteiger partial charge is 0.320 e. The van der Waals surface area contributed by atoms with Gasteiger partial charge in [-0.15, -0.1) is 0 Å². The fourth-order valence-electron chi connectivity index (χ4n) is 1.84. The summed E-state index contributed by atoms with van der Waals surface area (Å²) in [7, 11) is 0. The first-order chi connectivity index (χ1) is 7.63. The summed E-state index contributed by atoms with van der Waals surface area (Å²) in [6, 6.07) is 0.116. The molecule has 0 amide bonds. The van der Waals surface area contributed by atoms with Crippen molar-refractivity contribution in [3.63, 3.8) is 0 Å². The number of piperidine rings is 1. The highest BCUT2D eigenvalue weighted by molar-refractivity contribution is 5.73. The third-order valence-corrected chi connectivity index (χ3v) is 2.49. The van der Waals surface area contributed by atoms with Crippen LogP contribution in [0.4, 0.5) is 0 Å². The van der Waals surface area contributed by atoms with Crippen LogP contribution in [-0.4, -0.2) is 34.6 Å². The van der Waals surface area contributed by atoms with Crippen molar-refractivity contribution in [2.24, 2.45) is 0 Å². The van der Waals surface area contributed by atoms with E-state index in [1.165, 1.54) is 0 Å². The Morgan fingerprint density at radius 1 is 1.19 bits per heavy atom. The highest BCUT2D eigenvalue weighted by Crippen LogP contribution is 2.19. The molecule has 3 nitrogen and oxygen atoms in total. The maximum absolute atomic E-state index is 10.8. The van der Waals surface area contributed by atoms with Crippen molar-refractivity contribution < 1.29 is 9.90 Å². The molecule has 1 aliphatic rings. The SMILES string of the molecule is CC.CC.CC(C)N1CCCCC1C(=O)O. The number of carboxylic acid groups (broad SMARTS) is 1. The summed E-state index contributed by atoms with van der Waals surface area (Å²) in [4.78, 5) is 12.9. The molecule has 16 heavy (non-hydrogen) atoms. The van der Waals surface area contributed by atoms with Crippen molar-refractivity contribution in [3.05, 3.63) is 0 Å². The van der Waals surface area contributed by atoms with Crippen LogP contribution >= 0.6 is 0 Å². The number of hydrogen-bond donors (Lipinski definition) is 1. The normalized spacial score (nSPS) is 20.3.